The number of nitrogens with zero attached hydrogens (tertiary/aromatic N) is 5. The molecule has 0 spiro atoms. The summed E-state index contributed by atoms with van der Waals surface area (Å²) in [7, 11) is 2.08. The van der Waals surface area contributed by atoms with Crippen LogP contribution in [-0.4, -0.2) is 65.3 Å². The van der Waals surface area contributed by atoms with Crippen LogP contribution < -0.4 is 15.0 Å². The van der Waals surface area contributed by atoms with Crippen LogP contribution in [-0.2, 0) is 4.79 Å². The topological polar surface area (TPSA) is 83.5 Å². The zero-order valence-electron chi connectivity index (χ0n) is 18.6. The van der Waals surface area contributed by atoms with Crippen LogP contribution in [0.15, 0.2) is 42.6 Å². The number of carbonyl (C=O) groups is 1. The average Bonchev–Trinajstić information content (AvgIpc) is 2.78. The lowest BCUT2D eigenvalue weighted by atomic mass is 10.2. The summed E-state index contributed by atoms with van der Waals surface area (Å²) in [4.78, 5) is 30.3. The van der Waals surface area contributed by atoms with Crippen molar-refractivity contribution in [1.29, 1.82) is 0 Å². The fourth-order valence-corrected chi connectivity index (χ4v) is 3.50. The maximum atomic E-state index is 12.3. The fraction of sp³-hybridized carbons (Fsp3) is 0.304. The van der Waals surface area contributed by atoms with Crippen molar-refractivity contribution in [3.05, 3.63) is 53.9 Å². The number of hydrogen-bond donors (Lipinski definition) is 1. The molecule has 3 aromatic rings. The number of ether oxygens (including phenoxy) is 1. The first-order valence-corrected chi connectivity index (χ1v) is 10.6. The zero-order valence-corrected chi connectivity index (χ0v) is 18.6. The van der Waals surface area contributed by atoms with Gasteiger partial charge < -0.3 is 19.9 Å². The second-order valence-electron chi connectivity index (χ2n) is 7.93. The van der Waals surface area contributed by atoms with Crippen molar-refractivity contribution in [2.24, 2.45) is 0 Å². The van der Waals surface area contributed by atoms with Crippen LogP contribution in [0.3, 0.4) is 0 Å². The Morgan fingerprint density at radius 3 is 2.50 bits per heavy atom. The summed E-state index contributed by atoms with van der Waals surface area (Å²) in [6.07, 6.45) is -0.459. The van der Waals surface area contributed by atoms with Crippen LogP contribution in [0.25, 0.3) is 17.1 Å². The summed E-state index contributed by atoms with van der Waals surface area (Å²) in [6.45, 7) is 5.46. The standard InChI is InChI=1S/C23H23F3N6O2/c1-15-19-13-17(14-27-21(19)30-22(28-15)32-11-9-31(2)10-12-32)29-20(33)8-5-16-3-6-18(7-4-16)34-23(24,25)26/h3-8,13-14H,9-12H2,1-2H3,(H,29,33). The van der Waals surface area contributed by atoms with Crippen LogP contribution in [0.1, 0.15) is 11.3 Å². The first kappa shape index (κ1) is 23.4. The second-order valence-corrected chi connectivity index (χ2v) is 7.93. The number of halogens is 3. The van der Waals surface area contributed by atoms with Crippen LogP contribution in [0.5, 0.6) is 5.75 Å². The van der Waals surface area contributed by atoms with Crippen molar-refractivity contribution >= 4 is 34.7 Å². The van der Waals surface area contributed by atoms with Gasteiger partial charge in [-0.05, 0) is 43.8 Å². The van der Waals surface area contributed by atoms with Crippen molar-refractivity contribution < 1.29 is 22.7 Å². The van der Waals surface area contributed by atoms with Crippen LogP contribution >= 0.6 is 0 Å². The highest BCUT2D eigenvalue weighted by Crippen LogP contribution is 2.24. The first-order chi connectivity index (χ1) is 16.2. The van der Waals surface area contributed by atoms with Crippen LogP contribution in [0.4, 0.5) is 24.8 Å². The number of nitrogens with one attached hydrogen (secondary N) is 1. The second kappa shape index (κ2) is 9.64. The first-order valence-electron chi connectivity index (χ1n) is 10.6. The third-order valence-corrected chi connectivity index (χ3v) is 5.32. The van der Waals surface area contributed by atoms with Crippen LogP contribution in [0, 0.1) is 6.92 Å². The lowest BCUT2D eigenvalue weighted by molar-refractivity contribution is -0.274. The number of pyridine rings is 1. The van der Waals surface area contributed by atoms with Gasteiger partial charge in [-0.3, -0.25) is 4.79 Å². The molecule has 1 aromatic carbocycles. The quantitative estimate of drug-likeness (QED) is 0.568. The molecule has 0 radical (unpaired) electrons. The van der Waals surface area contributed by atoms with Crippen LogP contribution in [0.2, 0.25) is 0 Å². The minimum atomic E-state index is -4.75. The number of carbonyl (C=O) groups excluding carboxylic acids is 1. The number of rotatable bonds is 5. The van der Waals surface area contributed by atoms with E-state index in [1.54, 1.807) is 6.07 Å². The molecular formula is C23H23F3N6O2. The Morgan fingerprint density at radius 1 is 1.12 bits per heavy atom. The molecule has 1 fully saturated rings. The summed E-state index contributed by atoms with van der Waals surface area (Å²) in [5.41, 5.74) is 2.34. The fourth-order valence-electron chi connectivity index (χ4n) is 3.50. The molecule has 0 aliphatic carbocycles. The Labute approximate surface area is 194 Å². The molecule has 0 unspecified atom stereocenters. The number of anilines is 2. The van der Waals surface area contributed by atoms with E-state index >= 15 is 0 Å². The minimum Gasteiger partial charge on any atom is -0.406 e. The molecule has 34 heavy (non-hydrogen) atoms. The van der Waals surface area contributed by atoms with Crippen molar-refractivity contribution in [3.8, 4) is 5.75 Å². The Kier molecular flexibility index (Phi) is 6.64. The molecule has 0 bridgehead atoms. The van der Waals surface area contributed by atoms with E-state index < -0.39 is 12.3 Å². The maximum Gasteiger partial charge on any atom is 0.573 e. The predicted octanol–water partition coefficient (Wildman–Crippen LogP) is 3.64. The largest absolute Gasteiger partial charge is 0.573 e. The molecule has 1 aliphatic rings. The highest BCUT2D eigenvalue weighted by atomic mass is 19.4. The lowest BCUT2D eigenvalue weighted by Gasteiger charge is -2.32. The van der Waals surface area contributed by atoms with Crippen molar-refractivity contribution in [3.63, 3.8) is 0 Å². The highest BCUT2D eigenvalue weighted by molar-refractivity contribution is 6.02. The van der Waals surface area contributed by atoms with Crippen molar-refractivity contribution in [2.75, 3.05) is 43.4 Å². The van der Waals surface area contributed by atoms with Crippen molar-refractivity contribution in [1.82, 2.24) is 19.9 Å². The number of aryl methyl sites for hydroxylation is 1. The Balaban J connectivity index is 1.42. The van der Waals surface area contributed by atoms with Gasteiger partial charge in [-0.25, -0.2) is 9.97 Å². The van der Waals surface area contributed by atoms with Gasteiger partial charge in [-0.15, -0.1) is 13.2 Å². The van der Waals surface area contributed by atoms with Gasteiger partial charge in [-0.1, -0.05) is 12.1 Å². The molecule has 1 amide bonds. The van der Waals surface area contributed by atoms with Gasteiger partial charge in [0.05, 0.1) is 17.6 Å². The van der Waals surface area contributed by atoms with Gasteiger partial charge in [0.15, 0.2) is 5.65 Å². The summed E-state index contributed by atoms with van der Waals surface area (Å²) in [6, 6.07) is 6.96. The number of piperazine rings is 1. The number of likely N-dealkylation sites (N-methyl/N-ethyl adjacent to an activating group) is 1. The number of fused-ring (bicyclic) bond motifs is 1. The number of amides is 1. The number of alkyl halides is 3. The monoisotopic (exact) mass is 472 g/mol. The molecule has 0 atom stereocenters. The molecule has 0 saturated carbocycles. The molecule has 2 aromatic heterocycles. The van der Waals surface area contributed by atoms with E-state index in [9.17, 15) is 18.0 Å². The summed E-state index contributed by atoms with van der Waals surface area (Å²) >= 11 is 0. The number of benzene rings is 1. The third-order valence-electron chi connectivity index (χ3n) is 5.32. The van der Waals surface area contributed by atoms with Gasteiger partial charge >= 0.3 is 6.36 Å². The van der Waals surface area contributed by atoms with E-state index in [0.717, 1.165) is 37.3 Å². The lowest BCUT2D eigenvalue weighted by Crippen LogP contribution is -2.45. The number of aromatic nitrogens is 3. The molecule has 1 aliphatic heterocycles. The molecule has 4 rings (SSSR count). The zero-order chi connectivity index (χ0) is 24.3. The van der Waals surface area contributed by atoms with Gasteiger partial charge in [0, 0.05) is 37.6 Å². The SMILES string of the molecule is Cc1nc(N2CCN(C)CC2)nc2ncc(NC(=O)C=Cc3ccc(OC(F)(F)F)cc3)cc12. The molecule has 11 heteroatoms. The molecular weight excluding hydrogens is 449 g/mol. The third kappa shape index (κ3) is 5.98. The van der Waals surface area contributed by atoms with E-state index in [2.05, 4.69) is 41.9 Å². The molecule has 178 valence electrons. The van der Waals surface area contributed by atoms with Crippen molar-refractivity contribution in [2.45, 2.75) is 13.3 Å². The summed E-state index contributed by atoms with van der Waals surface area (Å²) in [5.74, 6) is -0.0916. The maximum absolute atomic E-state index is 12.3. The summed E-state index contributed by atoms with van der Waals surface area (Å²) < 4.78 is 40.5. The van der Waals surface area contributed by atoms with E-state index in [4.69, 9.17) is 0 Å². The van der Waals surface area contributed by atoms with Gasteiger partial charge in [0.2, 0.25) is 11.9 Å². The normalized spacial score (nSPS) is 15.1. The highest BCUT2D eigenvalue weighted by Gasteiger charge is 2.30. The van der Waals surface area contributed by atoms with E-state index in [1.165, 1.54) is 42.6 Å². The minimum absolute atomic E-state index is 0.329. The van der Waals surface area contributed by atoms with Gasteiger partial charge in [0.25, 0.3) is 0 Å². The van der Waals surface area contributed by atoms with Gasteiger partial charge in [0.1, 0.15) is 5.75 Å². The number of hydrogen-bond acceptors (Lipinski definition) is 7. The Morgan fingerprint density at radius 2 is 1.82 bits per heavy atom. The smallest absolute Gasteiger partial charge is 0.406 e. The molecule has 1 N–H and O–H groups in total. The Bertz CT molecular complexity index is 1210. The molecule has 3 heterocycles. The average molecular weight is 472 g/mol. The van der Waals surface area contributed by atoms with E-state index in [1.807, 2.05) is 6.92 Å². The van der Waals surface area contributed by atoms with E-state index in [-0.39, 0.29) is 5.75 Å². The Hall–Kier alpha value is -3.73. The van der Waals surface area contributed by atoms with Gasteiger partial charge in [-0.2, -0.15) is 4.98 Å². The van der Waals surface area contributed by atoms with E-state index in [0.29, 0.717) is 22.8 Å². The summed E-state index contributed by atoms with van der Waals surface area (Å²) in [5, 5.41) is 3.46. The predicted molar refractivity (Wildman–Crippen MR) is 123 cm³/mol. The molecule has 1 saturated heterocycles. The molecule has 8 nitrogen and oxygen atoms in total.